The van der Waals surface area contributed by atoms with Gasteiger partial charge in [-0.25, -0.2) is 13.8 Å². The molecule has 0 aliphatic carbocycles. The Morgan fingerprint density at radius 1 is 0.973 bits per heavy atom. The van der Waals surface area contributed by atoms with Crippen molar-refractivity contribution >= 4 is 17.4 Å². The van der Waals surface area contributed by atoms with Crippen LogP contribution in [-0.4, -0.2) is 29.6 Å². The van der Waals surface area contributed by atoms with Crippen molar-refractivity contribution in [1.82, 2.24) is 9.55 Å². The highest BCUT2D eigenvalue weighted by molar-refractivity contribution is 6.30. The zero-order chi connectivity index (χ0) is 26.7. The SMILES string of the molecule is COc1ccc(C(C)(C)c2cnc(C(=O)CCc3ccc(Cl)c(F)c3)n2-c2ccc(F)cc2)cc1OC. The van der Waals surface area contributed by atoms with Crippen molar-refractivity contribution in [3.05, 3.63) is 106 Å². The average molecular weight is 525 g/mol. The molecule has 37 heavy (non-hydrogen) atoms. The zero-order valence-electron chi connectivity index (χ0n) is 21.0. The zero-order valence-corrected chi connectivity index (χ0v) is 21.8. The summed E-state index contributed by atoms with van der Waals surface area (Å²) in [5.74, 6) is 0.246. The summed E-state index contributed by atoms with van der Waals surface area (Å²) in [6.07, 6.45) is 2.09. The van der Waals surface area contributed by atoms with E-state index in [0.29, 0.717) is 29.2 Å². The number of aryl methyl sites for hydroxylation is 1. The summed E-state index contributed by atoms with van der Waals surface area (Å²) in [6, 6.07) is 16.0. The molecule has 5 nitrogen and oxygen atoms in total. The number of carbonyl (C=O) groups is 1. The van der Waals surface area contributed by atoms with E-state index in [-0.39, 0.29) is 28.9 Å². The number of ether oxygens (including phenoxy) is 2. The summed E-state index contributed by atoms with van der Waals surface area (Å²) >= 11 is 5.77. The molecule has 0 saturated heterocycles. The molecular formula is C29H27ClF2N2O3. The third-order valence-corrected chi connectivity index (χ3v) is 6.77. The largest absolute Gasteiger partial charge is 0.493 e. The summed E-state index contributed by atoms with van der Waals surface area (Å²) in [4.78, 5) is 17.9. The Labute approximate surface area is 219 Å². The molecule has 0 aliphatic heterocycles. The quantitative estimate of drug-likeness (QED) is 0.222. The van der Waals surface area contributed by atoms with E-state index in [9.17, 15) is 13.6 Å². The predicted molar refractivity (Wildman–Crippen MR) is 139 cm³/mol. The number of methoxy groups -OCH3 is 2. The third-order valence-electron chi connectivity index (χ3n) is 6.47. The van der Waals surface area contributed by atoms with Crippen molar-refractivity contribution in [2.24, 2.45) is 0 Å². The summed E-state index contributed by atoms with van der Waals surface area (Å²) in [6.45, 7) is 4.02. The molecule has 0 atom stereocenters. The number of carbonyl (C=O) groups excluding carboxylic acids is 1. The standard InChI is InChI=1S/C29H27ClF2N2O3/c1-29(2,19-7-14-25(36-3)26(16-19)37-4)27-17-33-28(34(27)21-10-8-20(31)9-11-21)24(35)13-6-18-5-12-22(30)23(32)15-18/h5,7-12,14-17H,6,13H2,1-4H3. The molecule has 0 amide bonds. The van der Waals surface area contributed by atoms with Crippen LogP contribution in [0.1, 0.15) is 47.7 Å². The number of hydrogen-bond acceptors (Lipinski definition) is 4. The number of nitrogens with zero attached hydrogens (tertiary/aromatic N) is 2. The minimum atomic E-state index is -0.626. The molecule has 1 aromatic heterocycles. The first kappa shape index (κ1) is 26.4. The van der Waals surface area contributed by atoms with Gasteiger partial charge in [-0.3, -0.25) is 9.36 Å². The van der Waals surface area contributed by atoms with E-state index in [0.717, 1.165) is 11.3 Å². The Hall–Kier alpha value is -3.71. The summed E-state index contributed by atoms with van der Waals surface area (Å²) in [7, 11) is 3.14. The van der Waals surface area contributed by atoms with Gasteiger partial charge in [0.25, 0.3) is 0 Å². The van der Waals surface area contributed by atoms with Crippen LogP contribution < -0.4 is 9.47 Å². The third kappa shape index (κ3) is 5.37. The van der Waals surface area contributed by atoms with Crippen molar-refractivity contribution in [3.8, 4) is 17.2 Å². The van der Waals surface area contributed by atoms with E-state index in [1.54, 1.807) is 43.2 Å². The molecule has 0 radical (unpaired) electrons. The van der Waals surface area contributed by atoms with Crippen LogP contribution >= 0.6 is 11.6 Å². The van der Waals surface area contributed by atoms with Crippen molar-refractivity contribution < 1.29 is 23.0 Å². The fraction of sp³-hybridized carbons (Fsp3) is 0.241. The number of rotatable bonds is 9. The Kier molecular flexibility index (Phi) is 7.64. The second-order valence-corrected chi connectivity index (χ2v) is 9.55. The van der Waals surface area contributed by atoms with Crippen LogP contribution in [0, 0.1) is 11.6 Å². The first-order valence-electron chi connectivity index (χ1n) is 11.7. The Morgan fingerprint density at radius 2 is 1.68 bits per heavy atom. The number of benzene rings is 3. The molecule has 0 spiro atoms. The molecule has 1 heterocycles. The Balaban J connectivity index is 1.75. The maximum atomic E-state index is 13.9. The molecule has 0 bridgehead atoms. The second kappa shape index (κ2) is 10.7. The molecule has 8 heteroatoms. The smallest absolute Gasteiger partial charge is 0.198 e. The van der Waals surface area contributed by atoms with Gasteiger partial charge in [-0.05, 0) is 66.1 Å². The lowest BCUT2D eigenvalue weighted by atomic mass is 9.81. The molecule has 0 fully saturated rings. The second-order valence-electron chi connectivity index (χ2n) is 9.15. The fourth-order valence-corrected chi connectivity index (χ4v) is 4.40. The lowest BCUT2D eigenvalue weighted by molar-refractivity contribution is 0.0971. The average Bonchev–Trinajstić information content (AvgIpc) is 3.35. The molecule has 0 unspecified atom stereocenters. The molecule has 4 rings (SSSR count). The molecule has 3 aromatic carbocycles. The van der Waals surface area contributed by atoms with Gasteiger partial charge in [0.1, 0.15) is 11.6 Å². The number of halogens is 3. The lowest BCUT2D eigenvalue weighted by Gasteiger charge is -2.28. The van der Waals surface area contributed by atoms with Gasteiger partial charge < -0.3 is 9.47 Å². The van der Waals surface area contributed by atoms with Crippen LogP contribution in [0.5, 0.6) is 11.5 Å². The minimum absolute atomic E-state index is 0.0314. The van der Waals surface area contributed by atoms with Crippen LogP contribution in [0.4, 0.5) is 8.78 Å². The van der Waals surface area contributed by atoms with E-state index in [1.807, 2.05) is 32.0 Å². The van der Waals surface area contributed by atoms with E-state index >= 15 is 0 Å². The monoisotopic (exact) mass is 524 g/mol. The number of imidazole rings is 1. The maximum absolute atomic E-state index is 13.9. The molecular weight excluding hydrogens is 498 g/mol. The van der Waals surface area contributed by atoms with Crippen LogP contribution in [0.15, 0.2) is 66.9 Å². The highest BCUT2D eigenvalue weighted by atomic mass is 35.5. The highest BCUT2D eigenvalue weighted by Gasteiger charge is 2.31. The van der Waals surface area contributed by atoms with E-state index in [1.165, 1.54) is 24.3 Å². The first-order chi connectivity index (χ1) is 17.6. The molecule has 4 aromatic rings. The van der Waals surface area contributed by atoms with E-state index in [4.69, 9.17) is 21.1 Å². The normalized spacial score (nSPS) is 11.4. The Morgan fingerprint density at radius 3 is 2.32 bits per heavy atom. The van der Waals surface area contributed by atoms with Crippen LogP contribution in [0.25, 0.3) is 5.69 Å². The minimum Gasteiger partial charge on any atom is -0.493 e. The number of aromatic nitrogens is 2. The van der Waals surface area contributed by atoms with Crippen molar-refractivity contribution in [1.29, 1.82) is 0 Å². The molecule has 192 valence electrons. The van der Waals surface area contributed by atoms with Gasteiger partial charge in [-0.2, -0.15) is 0 Å². The topological polar surface area (TPSA) is 53.3 Å². The molecule has 0 saturated carbocycles. The van der Waals surface area contributed by atoms with Gasteiger partial charge in [0.05, 0.1) is 31.1 Å². The van der Waals surface area contributed by atoms with Gasteiger partial charge in [0.2, 0.25) is 0 Å². The summed E-state index contributed by atoms with van der Waals surface area (Å²) < 4.78 is 40.2. The lowest BCUT2D eigenvalue weighted by Crippen LogP contribution is -2.24. The van der Waals surface area contributed by atoms with Crippen molar-refractivity contribution in [2.75, 3.05) is 14.2 Å². The summed E-state index contributed by atoms with van der Waals surface area (Å²) in [5.41, 5.74) is 2.26. The van der Waals surface area contributed by atoms with Gasteiger partial charge in [-0.15, -0.1) is 0 Å². The van der Waals surface area contributed by atoms with Gasteiger partial charge in [0, 0.05) is 17.5 Å². The predicted octanol–water partition coefficient (Wildman–Crippen LogP) is 6.96. The number of Topliss-reactive ketones (excluding diaryl/α,β-unsaturated/α-hetero) is 1. The maximum Gasteiger partial charge on any atom is 0.198 e. The van der Waals surface area contributed by atoms with Crippen LogP contribution in [0.3, 0.4) is 0 Å². The van der Waals surface area contributed by atoms with Gasteiger partial charge in [0.15, 0.2) is 23.1 Å². The fourth-order valence-electron chi connectivity index (χ4n) is 4.28. The van der Waals surface area contributed by atoms with Gasteiger partial charge in [-0.1, -0.05) is 37.6 Å². The summed E-state index contributed by atoms with van der Waals surface area (Å²) in [5, 5.41) is 0.0314. The van der Waals surface area contributed by atoms with Crippen LogP contribution in [0.2, 0.25) is 5.02 Å². The molecule has 0 aliphatic rings. The number of ketones is 1. The van der Waals surface area contributed by atoms with Crippen molar-refractivity contribution in [2.45, 2.75) is 32.1 Å². The number of hydrogen-bond donors (Lipinski definition) is 0. The van der Waals surface area contributed by atoms with E-state index in [2.05, 4.69) is 4.98 Å². The highest BCUT2D eigenvalue weighted by Crippen LogP contribution is 2.38. The first-order valence-corrected chi connectivity index (χ1v) is 12.1. The van der Waals surface area contributed by atoms with Crippen LogP contribution in [-0.2, 0) is 11.8 Å². The van der Waals surface area contributed by atoms with Gasteiger partial charge >= 0.3 is 0 Å². The Bertz CT molecular complexity index is 1430. The van der Waals surface area contributed by atoms with E-state index < -0.39 is 11.2 Å². The van der Waals surface area contributed by atoms with Crippen molar-refractivity contribution in [3.63, 3.8) is 0 Å². The molecule has 0 N–H and O–H groups in total.